The second kappa shape index (κ2) is 7.74. The van der Waals surface area contributed by atoms with Crippen LogP contribution < -0.4 is 15.8 Å². The Kier molecular flexibility index (Phi) is 5.22. The van der Waals surface area contributed by atoms with E-state index >= 15 is 0 Å². The van der Waals surface area contributed by atoms with Crippen LogP contribution in [0.1, 0.15) is 27.6 Å². The van der Waals surface area contributed by atoms with E-state index in [2.05, 4.69) is 5.32 Å². The summed E-state index contributed by atoms with van der Waals surface area (Å²) in [6.45, 7) is 1.53. The van der Waals surface area contributed by atoms with E-state index in [9.17, 15) is 9.59 Å². The van der Waals surface area contributed by atoms with Gasteiger partial charge >= 0.3 is 0 Å². The maximum Gasteiger partial charge on any atom is 0.255 e. The standard InChI is InChI=1S/C22H20N2O3/c1-14(25)15-3-5-16(6-4-15)18-9-12-20(23)21(13-18)24-22(26)17-7-10-19(27-2)11-8-17/h3-13H,23H2,1-2H3,(H,24,26). The molecule has 0 spiro atoms. The Morgan fingerprint density at radius 2 is 1.44 bits per heavy atom. The first kappa shape index (κ1) is 18.2. The molecule has 1 amide bonds. The number of nitrogens with one attached hydrogen (secondary N) is 1. The zero-order chi connectivity index (χ0) is 19.4. The summed E-state index contributed by atoms with van der Waals surface area (Å²) in [7, 11) is 1.57. The summed E-state index contributed by atoms with van der Waals surface area (Å²) in [5.74, 6) is 0.446. The van der Waals surface area contributed by atoms with Gasteiger partial charge in [0.05, 0.1) is 18.5 Å². The van der Waals surface area contributed by atoms with Gasteiger partial charge in [0, 0.05) is 11.1 Å². The summed E-state index contributed by atoms with van der Waals surface area (Å²) in [4.78, 5) is 23.9. The SMILES string of the molecule is COc1ccc(C(=O)Nc2cc(-c3ccc(C(C)=O)cc3)ccc2N)cc1. The predicted molar refractivity (Wildman–Crippen MR) is 107 cm³/mol. The highest BCUT2D eigenvalue weighted by Crippen LogP contribution is 2.28. The summed E-state index contributed by atoms with van der Waals surface area (Å²) in [6, 6.07) is 19.6. The van der Waals surface area contributed by atoms with Crippen molar-refractivity contribution in [1.29, 1.82) is 0 Å². The van der Waals surface area contributed by atoms with Gasteiger partial charge in [0.2, 0.25) is 0 Å². The van der Waals surface area contributed by atoms with Gasteiger partial charge in [-0.3, -0.25) is 9.59 Å². The fourth-order valence-electron chi connectivity index (χ4n) is 2.68. The number of ketones is 1. The Bertz CT molecular complexity index is 977. The minimum absolute atomic E-state index is 0.0197. The number of rotatable bonds is 5. The summed E-state index contributed by atoms with van der Waals surface area (Å²) >= 11 is 0. The Hall–Kier alpha value is -3.60. The normalized spacial score (nSPS) is 10.3. The zero-order valence-electron chi connectivity index (χ0n) is 15.2. The van der Waals surface area contributed by atoms with Crippen LogP contribution in [0.4, 0.5) is 11.4 Å². The van der Waals surface area contributed by atoms with Crippen LogP contribution >= 0.6 is 0 Å². The third kappa shape index (κ3) is 4.15. The van der Waals surface area contributed by atoms with Crippen LogP contribution in [0.15, 0.2) is 66.7 Å². The topological polar surface area (TPSA) is 81.4 Å². The van der Waals surface area contributed by atoms with Crippen LogP contribution in [0, 0.1) is 0 Å². The number of hydrogen-bond acceptors (Lipinski definition) is 4. The van der Waals surface area contributed by atoms with Crippen molar-refractivity contribution >= 4 is 23.1 Å². The molecule has 0 aromatic heterocycles. The first-order valence-corrected chi connectivity index (χ1v) is 8.44. The highest BCUT2D eigenvalue weighted by molar-refractivity contribution is 6.06. The minimum atomic E-state index is -0.256. The Morgan fingerprint density at radius 1 is 0.852 bits per heavy atom. The molecule has 3 aromatic carbocycles. The van der Waals surface area contributed by atoms with Crippen molar-refractivity contribution in [3.8, 4) is 16.9 Å². The summed E-state index contributed by atoms with van der Waals surface area (Å²) < 4.78 is 5.10. The van der Waals surface area contributed by atoms with Crippen molar-refractivity contribution in [2.45, 2.75) is 6.92 Å². The lowest BCUT2D eigenvalue weighted by Crippen LogP contribution is -2.13. The maximum atomic E-state index is 12.5. The Labute approximate surface area is 157 Å². The number of methoxy groups -OCH3 is 1. The van der Waals surface area contributed by atoms with E-state index < -0.39 is 0 Å². The van der Waals surface area contributed by atoms with Gasteiger partial charge in [-0.2, -0.15) is 0 Å². The molecule has 136 valence electrons. The van der Waals surface area contributed by atoms with Crippen LogP contribution in [-0.2, 0) is 0 Å². The molecule has 0 aliphatic rings. The molecule has 0 atom stereocenters. The van der Waals surface area contributed by atoms with E-state index in [0.29, 0.717) is 28.3 Å². The predicted octanol–water partition coefficient (Wildman–Crippen LogP) is 4.40. The second-order valence-electron chi connectivity index (χ2n) is 6.12. The number of ether oxygens (including phenoxy) is 1. The van der Waals surface area contributed by atoms with Gasteiger partial charge in [0.25, 0.3) is 5.91 Å². The van der Waals surface area contributed by atoms with Gasteiger partial charge in [0.1, 0.15) is 5.75 Å². The number of carbonyl (C=O) groups is 2. The van der Waals surface area contributed by atoms with E-state index in [0.717, 1.165) is 11.1 Å². The minimum Gasteiger partial charge on any atom is -0.497 e. The van der Waals surface area contributed by atoms with Crippen molar-refractivity contribution in [2.75, 3.05) is 18.2 Å². The van der Waals surface area contributed by atoms with Gasteiger partial charge in [-0.25, -0.2) is 0 Å². The van der Waals surface area contributed by atoms with Crippen molar-refractivity contribution in [2.24, 2.45) is 0 Å². The van der Waals surface area contributed by atoms with Gasteiger partial charge in [-0.05, 0) is 54.4 Å². The van der Waals surface area contributed by atoms with Gasteiger partial charge < -0.3 is 15.8 Å². The molecule has 0 aliphatic carbocycles. The number of Topliss-reactive ketones (excluding diaryl/α,β-unsaturated/α-hetero) is 1. The van der Waals surface area contributed by atoms with Crippen molar-refractivity contribution in [1.82, 2.24) is 0 Å². The Morgan fingerprint density at radius 3 is 2.04 bits per heavy atom. The third-order valence-electron chi connectivity index (χ3n) is 4.28. The van der Waals surface area contributed by atoms with Crippen LogP contribution in [0.25, 0.3) is 11.1 Å². The molecule has 0 bridgehead atoms. The van der Waals surface area contributed by atoms with Crippen molar-refractivity contribution in [3.63, 3.8) is 0 Å². The molecular formula is C22H20N2O3. The Balaban J connectivity index is 1.84. The lowest BCUT2D eigenvalue weighted by molar-refractivity contribution is 0.101. The molecule has 5 nitrogen and oxygen atoms in total. The molecule has 5 heteroatoms. The number of carbonyl (C=O) groups excluding carboxylic acids is 2. The maximum absolute atomic E-state index is 12.5. The lowest BCUT2D eigenvalue weighted by Gasteiger charge is -2.11. The summed E-state index contributed by atoms with van der Waals surface area (Å²) in [6.07, 6.45) is 0. The highest BCUT2D eigenvalue weighted by atomic mass is 16.5. The highest BCUT2D eigenvalue weighted by Gasteiger charge is 2.10. The largest absolute Gasteiger partial charge is 0.497 e. The molecule has 0 saturated heterocycles. The average molecular weight is 360 g/mol. The summed E-state index contributed by atoms with van der Waals surface area (Å²) in [5, 5.41) is 2.84. The molecule has 3 aromatic rings. The molecule has 3 rings (SSSR count). The molecule has 0 radical (unpaired) electrons. The van der Waals surface area contributed by atoms with Crippen molar-refractivity contribution in [3.05, 3.63) is 77.9 Å². The van der Waals surface area contributed by atoms with E-state index in [1.54, 1.807) is 49.6 Å². The van der Waals surface area contributed by atoms with E-state index in [1.807, 2.05) is 24.3 Å². The van der Waals surface area contributed by atoms with Crippen LogP contribution in [-0.4, -0.2) is 18.8 Å². The molecular weight excluding hydrogens is 340 g/mol. The van der Waals surface area contributed by atoms with Crippen molar-refractivity contribution < 1.29 is 14.3 Å². The molecule has 0 aliphatic heterocycles. The fourth-order valence-corrected chi connectivity index (χ4v) is 2.68. The number of benzene rings is 3. The first-order chi connectivity index (χ1) is 13.0. The van der Waals surface area contributed by atoms with Gasteiger partial charge in [-0.1, -0.05) is 30.3 Å². The first-order valence-electron chi connectivity index (χ1n) is 8.44. The van der Waals surface area contributed by atoms with E-state index in [4.69, 9.17) is 10.5 Å². The number of amides is 1. The monoisotopic (exact) mass is 360 g/mol. The fraction of sp³-hybridized carbons (Fsp3) is 0.0909. The summed E-state index contributed by atoms with van der Waals surface area (Å²) in [5.41, 5.74) is 10.0. The molecule has 3 N–H and O–H groups in total. The number of anilines is 2. The van der Waals surface area contributed by atoms with E-state index in [-0.39, 0.29) is 11.7 Å². The number of nitrogen functional groups attached to an aromatic ring is 1. The quantitative estimate of drug-likeness (QED) is 0.522. The smallest absolute Gasteiger partial charge is 0.255 e. The number of nitrogens with two attached hydrogens (primary N) is 1. The zero-order valence-corrected chi connectivity index (χ0v) is 15.2. The van der Waals surface area contributed by atoms with Crippen LogP contribution in [0.5, 0.6) is 5.75 Å². The van der Waals surface area contributed by atoms with Gasteiger partial charge in [0.15, 0.2) is 5.78 Å². The van der Waals surface area contributed by atoms with E-state index in [1.165, 1.54) is 6.92 Å². The average Bonchev–Trinajstić information content (AvgIpc) is 2.69. The lowest BCUT2D eigenvalue weighted by atomic mass is 10.0. The second-order valence-corrected chi connectivity index (χ2v) is 6.12. The third-order valence-corrected chi connectivity index (χ3v) is 4.28. The molecule has 0 saturated carbocycles. The number of hydrogen-bond donors (Lipinski definition) is 2. The van der Waals surface area contributed by atoms with Crippen LogP contribution in [0.2, 0.25) is 0 Å². The molecule has 0 unspecified atom stereocenters. The molecule has 27 heavy (non-hydrogen) atoms. The van der Waals surface area contributed by atoms with Gasteiger partial charge in [-0.15, -0.1) is 0 Å². The molecule has 0 heterocycles. The van der Waals surface area contributed by atoms with Crippen LogP contribution in [0.3, 0.4) is 0 Å². The molecule has 0 fully saturated rings.